The van der Waals surface area contributed by atoms with Crippen LogP contribution in [0.2, 0.25) is 0 Å². The fraction of sp³-hybridized carbons (Fsp3) is 0.320. The maximum Gasteiger partial charge on any atom is 0.267 e. The van der Waals surface area contributed by atoms with Gasteiger partial charge in [0, 0.05) is 31.8 Å². The topological polar surface area (TPSA) is 107 Å². The van der Waals surface area contributed by atoms with E-state index in [1.54, 1.807) is 11.9 Å². The molecule has 0 bridgehead atoms. The lowest BCUT2D eigenvalue weighted by atomic mass is 9.89. The fourth-order valence-corrected chi connectivity index (χ4v) is 4.23. The van der Waals surface area contributed by atoms with Gasteiger partial charge < -0.3 is 20.1 Å². The molecule has 172 valence electrons. The van der Waals surface area contributed by atoms with E-state index in [4.69, 9.17) is 4.74 Å². The third-order valence-electron chi connectivity index (χ3n) is 6.05. The van der Waals surface area contributed by atoms with E-state index in [-0.39, 0.29) is 36.9 Å². The van der Waals surface area contributed by atoms with Crippen LogP contribution in [0.5, 0.6) is 0 Å². The average Bonchev–Trinajstić information content (AvgIpc) is 3.23. The van der Waals surface area contributed by atoms with E-state index in [0.29, 0.717) is 18.5 Å². The van der Waals surface area contributed by atoms with Crippen LogP contribution in [0, 0.1) is 6.92 Å². The second-order valence-corrected chi connectivity index (χ2v) is 8.43. The number of aromatic amines is 2. The number of benzene rings is 2. The minimum absolute atomic E-state index is 0.0361. The number of amides is 2. The number of carbonyl (C=O) groups excluding carboxylic acids is 2. The van der Waals surface area contributed by atoms with Crippen molar-refractivity contribution in [2.45, 2.75) is 25.4 Å². The molecule has 0 spiro atoms. The monoisotopic (exact) mass is 448 g/mol. The van der Waals surface area contributed by atoms with Gasteiger partial charge in [0.15, 0.2) is 5.60 Å². The van der Waals surface area contributed by atoms with Crippen molar-refractivity contribution in [3.63, 3.8) is 0 Å². The molecule has 8 heteroatoms. The molecule has 2 amide bonds. The third-order valence-corrected chi connectivity index (χ3v) is 6.05. The Kier molecular flexibility index (Phi) is 6.46. The van der Waals surface area contributed by atoms with E-state index in [9.17, 15) is 14.4 Å². The van der Waals surface area contributed by atoms with Crippen molar-refractivity contribution in [3.05, 3.63) is 81.8 Å². The van der Waals surface area contributed by atoms with Gasteiger partial charge in [0.2, 0.25) is 5.91 Å². The van der Waals surface area contributed by atoms with Crippen LogP contribution in [0.3, 0.4) is 0 Å². The van der Waals surface area contributed by atoms with E-state index >= 15 is 0 Å². The van der Waals surface area contributed by atoms with Gasteiger partial charge in [0.25, 0.3) is 11.5 Å². The van der Waals surface area contributed by atoms with Gasteiger partial charge in [-0.3, -0.25) is 19.5 Å². The van der Waals surface area contributed by atoms with Gasteiger partial charge >= 0.3 is 0 Å². The van der Waals surface area contributed by atoms with Crippen LogP contribution >= 0.6 is 0 Å². The normalized spacial score (nSPS) is 18.2. The number of likely N-dealkylation sites (N-methyl/N-ethyl adjacent to an activating group) is 1. The van der Waals surface area contributed by atoms with E-state index in [0.717, 1.165) is 16.7 Å². The number of morpholine rings is 1. The summed E-state index contributed by atoms with van der Waals surface area (Å²) < 4.78 is 6.04. The van der Waals surface area contributed by atoms with Crippen LogP contribution in [0.25, 0.3) is 11.1 Å². The summed E-state index contributed by atoms with van der Waals surface area (Å²) in [6, 6.07) is 16.3. The van der Waals surface area contributed by atoms with Crippen LogP contribution < -0.4 is 10.9 Å². The smallest absolute Gasteiger partial charge is 0.267 e. The summed E-state index contributed by atoms with van der Waals surface area (Å²) in [5.74, 6) is -0.495. The molecule has 1 aromatic heterocycles. The highest BCUT2D eigenvalue weighted by Gasteiger charge is 2.44. The fourth-order valence-electron chi connectivity index (χ4n) is 4.23. The minimum Gasteiger partial charge on any atom is -0.361 e. The molecule has 0 unspecified atom stereocenters. The summed E-state index contributed by atoms with van der Waals surface area (Å²) in [5, 5.41) is 7.74. The second-order valence-electron chi connectivity index (χ2n) is 8.43. The highest BCUT2D eigenvalue weighted by molar-refractivity contribution is 5.87. The number of carbonyl (C=O) groups is 2. The number of H-pyrrole nitrogens is 2. The summed E-state index contributed by atoms with van der Waals surface area (Å²) in [5.41, 5.74) is 3.11. The maximum absolute atomic E-state index is 13.0. The van der Waals surface area contributed by atoms with Crippen LogP contribution in [0.15, 0.2) is 59.5 Å². The zero-order valence-corrected chi connectivity index (χ0v) is 18.8. The number of hydrogen-bond acceptors (Lipinski definition) is 4. The number of nitrogens with one attached hydrogen (secondary N) is 3. The number of hydrogen-bond donors (Lipinski definition) is 3. The van der Waals surface area contributed by atoms with E-state index in [1.807, 2.05) is 25.1 Å². The molecule has 3 N–H and O–H groups in total. The Morgan fingerprint density at radius 1 is 1.15 bits per heavy atom. The SMILES string of the molecule is CNC(=O)[C@@]1(Cc2cccc(-c3ccc(C)cc3)c2)CN(C(=O)Cc2c[nH][nH]c2=O)CCO1. The highest BCUT2D eigenvalue weighted by atomic mass is 16.5. The molecule has 0 radical (unpaired) electrons. The lowest BCUT2D eigenvalue weighted by Gasteiger charge is -2.41. The number of aromatic nitrogens is 2. The first-order valence-corrected chi connectivity index (χ1v) is 10.9. The van der Waals surface area contributed by atoms with Crippen LogP contribution in [0.4, 0.5) is 0 Å². The van der Waals surface area contributed by atoms with Gasteiger partial charge in [-0.25, -0.2) is 0 Å². The lowest BCUT2D eigenvalue weighted by Crippen LogP contribution is -2.61. The van der Waals surface area contributed by atoms with Gasteiger partial charge in [0.05, 0.1) is 19.6 Å². The summed E-state index contributed by atoms with van der Waals surface area (Å²) >= 11 is 0. The molecule has 1 atom stereocenters. The number of aryl methyl sites for hydroxylation is 1. The molecule has 2 aromatic carbocycles. The highest BCUT2D eigenvalue weighted by Crippen LogP contribution is 2.27. The predicted molar refractivity (Wildman–Crippen MR) is 125 cm³/mol. The first-order chi connectivity index (χ1) is 15.9. The molecule has 1 aliphatic heterocycles. The molecule has 1 saturated heterocycles. The Morgan fingerprint density at radius 3 is 2.64 bits per heavy atom. The summed E-state index contributed by atoms with van der Waals surface area (Å²) in [6.45, 7) is 2.76. The molecule has 0 saturated carbocycles. The van der Waals surface area contributed by atoms with Crippen molar-refractivity contribution in [1.29, 1.82) is 0 Å². The molecular formula is C25H28N4O4. The van der Waals surface area contributed by atoms with Crippen LogP contribution in [-0.4, -0.2) is 59.3 Å². The average molecular weight is 449 g/mol. The zero-order chi connectivity index (χ0) is 23.4. The Bertz CT molecular complexity index is 1200. The second kappa shape index (κ2) is 9.46. The Labute approximate surface area is 191 Å². The molecule has 2 heterocycles. The van der Waals surface area contributed by atoms with Gasteiger partial charge in [0.1, 0.15) is 0 Å². The molecule has 3 aromatic rings. The molecule has 0 aliphatic carbocycles. The molecular weight excluding hydrogens is 420 g/mol. The summed E-state index contributed by atoms with van der Waals surface area (Å²) in [4.78, 5) is 39.3. The van der Waals surface area contributed by atoms with Gasteiger partial charge in [-0.2, -0.15) is 0 Å². The Hall–Kier alpha value is -3.65. The van der Waals surface area contributed by atoms with Crippen LogP contribution in [-0.2, 0) is 27.2 Å². The standard InChI is InChI=1S/C25H28N4O4/c1-17-6-8-19(9-7-17)20-5-3-4-18(12-20)14-25(24(32)26-2)16-29(10-11-33-25)22(30)13-21-15-27-28-23(21)31/h3-9,12,15H,10-11,13-14,16H2,1-2H3,(H,26,32)(H2,27,28,31)/t25-/m1/s1. The lowest BCUT2D eigenvalue weighted by molar-refractivity contribution is -0.165. The quantitative estimate of drug-likeness (QED) is 0.535. The zero-order valence-electron chi connectivity index (χ0n) is 18.8. The van der Waals surface area contributed by atoms with E-state index < -0.39 is 5.60 Å². The van der Waals surface area contributed by atoms with Gasteiger partial charge in [-0.15, -0.1) is 0 Å². The van der Waals surface area contributed by atoms with Gasteiger partial charge in [-0.05, 0) is 23.6 Å². The maximum atomic E-state index is 13.0. The molecule has 1 aliphatic rings. The summed E-state index contributed by atoms with van der Waals surface area (Å²) in [7, 11) is 1.57. The van der Waals surface area contributed by atoms with Crippen molar-refractivity contribution >= 4 is 11.8 Å². The Morgan fingerprint density at radius 2 is 1.94 bits per heavy atom. The van der Waals surface area contributed by atoms with Crippen LogP contribution in [0.1, 0.15) is 16.7 Å². The molecule has 8 nitrogen and oxygen atoms in total. The van der Waals surface area contributed by atoms with Crippen molar-refractivity contribution in [2.75, 3.05) is 26.7 Å². The Balaban J connectivity index is 1.57. The van der Waals surface area contributed by atoms with Crippen molar-refractivity contribution in [1.82, 2.24) is 20.4 Å². The van der Waals surface area contributed by atoms with Crippen molar-refractivity contribution < 1.29 is 14.3 Å². The van der Waals surface area contributed by atoms with E-state index in [2.05, 4.69) is 45.8 Å². The minimum atomic E-state index is -1.21. The molecule has 33 heavy (non-hydrogen) atoms. The van der Waals surface area contributed by atoms with Crippen molar-refractivity contribution in [3.8, 4) is 11.1 Å². The number of rotatable bonds is 6. The predicted octanol–water partition coefficient (Wildman–Crippen LogP) is 1.81. The largest absolute Gasteiger partial charge is 0.361 e. The van der Waals surface area contributed by atoms with E-state index in [1.165, 1.54) is 11.8 Å². The molecule has 1 fully saturated rings. The van der Waals surface area contributed by atoms with Crippen molar-refractivity contribution in [2.24, 2.45) is 0 Å². The third kappa shape index (κ3) is 4.90. The number of ether oxygens (including phenoxy) is 1. The van der Waals surface area contributed by atoms with Gasteiger partial charge in [-0.1, -0.05) is 54.1 Å². The first-order valence-electron chi connectivity index (χ1n) is 10.9. The number of nitrogens with zero attached hydrogens (tertiary/aromatic N) is 1. The first kappa shape index (κ1) is 22.5. The summed E-state index contributed by atoms with van der Waals surface area (Å²) in [6.07, 6.45) is 1.77. The molecule has 4 rings (SSSR count).